The fraction of sp³-hybridized carbons (Fsp3) is 0.188. The fourth-order valence-corrected chi connectivity index (χ4v) is 2.14. The highest BCUT2D eigenvalue weighted by Crippen LogP contribution is 2.28. The van der Waals surface area contributed by atoms with Crippen molar-refractivity contribution >= 4 is 28.9 Å². The minimum atomic E-state index is -2.98. The van der Waals surface area contributed by atoms with Gasteiger partial charge in [-0.15, -0.1) is 0 Å². The van der Waals surface area contributed by atoms with Crippen molar-refractivity contribution in [2.45, 2.75) is 13.5 Å². The normalized spacial score (nSPS) is 10.6. The zero-order valence-electron chi connectivity index (χ0n) is 12.6. The second-order valence-electron chi connectivity index (χ2n) is 4.89. The molecule has 2 rings (SSSR count). The minimum absolute atomic E-state index is 0.0461. The number of ether oxygens (including phenoxy) is 1. The third kappa shape index (κ3) is 5.06. The van der Waals surface area contributed by atoms with Crippen LogP contribution in [-0.2, 0) is 4.79 Å². The summed E-state index contributed by atoms with van der Waals surface area (Å²) in [4.78, 5) is 11.9. The van der Waals surface area contributed by atoms with Crippen LogP contribution in [0.4, 0.5) is 24.5 Å². The van der Waals surface area contributed by atoms with E-state index in [9.17, 15) is 18.0 Å². The number of nitrogens with one attached hydrogen (secondary N) is 2. The lowest BCUT2D eigenvalue weighted by Gasteiger charge is -2.11. The van der Waals surface area contributed by atoms with Crippen LogP contribution in [0.2, 0.25) is 5.02 Å². The molecule has 4 nitrogen and oxygen atoms in total. The van der Waals surface area contributed by atoms with Gasteiger partial charge >= 0.3 is 6.61 Å². The number of carbonyl (C=O) groups is 1. The highest BCUT2D eigenvalue weighted by Gasteiger charge is 2.10. The zero-order valence-corrected chi connectivity index (χ0v) is 13.3. The van der Waals surface area contributed by atoms with Gasteiger partial charge in [0.05, 0.1) is 11.6 Å². The average molecular weight is 359 g/mol. The summed E-state index contributed by atoms with van der Waals surface area (Å²) in [6, 6.07) is 8.33. The Kier molecular flexibility index (Phi) is 5.92. The molecule has 0 saturated heterocycles. The maximum Gasteiger partial charge on any atom is 0.387 e. The molecule has 0 atom stereocenters. The van der Waals surface area contributed by atoms with Gasteiger partial charge in [-0.1, -0.05) is 11.6 Å². The number of rotatable bonds is 6. The maximum absolute atomic E-state index is 13.2. The van der Waals surface area contributed by atoms with Crippen LogP contribution in [0.3, 0.4) is 0 Å². The summed E-state index contributed by atoms with van der Waals surface area (Å²) in [5, 5.41) is 5.36. The van der Waals surface area contributed by atoms with Gasteiger partial charge in [0.1, 0.15) is 11.6 Å². The molecule has 0 aliphatic rings. The predicted molar refractivity (Wildman–Crippen MR) is 86.3 cm³/mol. The summed E-state index contributed by atoms with van der Waals surface area (Å²) in [6.45, 7) is -1.42. The SMILES string of the molecule is Cc1cc(NCC(=O)Nc2ccc(OC(F)F)c(Cl)c2)ccc1F. The van der Waals surface area contributed by atoms with Gasteiger partial charge < -0.3 is 15.4 Å². The molecule has 8 heteroatoms. The molecule has 0 radical (unpaired) electrons. The van der Waals surface area contributed by atoms with Gasteiger partial charge in [-0.25, -0.2) is 4.39 Å². The number of aryl methyl sites for hydroxylation is 1. The predicted octanol–water partition coefficient (Wildman–Crippen LogP) is 4.44. The first-order valence-electron chi connectivity index (χ1n) is 6.89. The highest BCUT2D eigenvalue weighted by molar-refractivity contribution is 6.32. The quantitative estimate of drug-likeness (QED) is 0.802. The van der Waals surface area contributed by atoms with Crippen LogP contribution in [0.25, 0.3) is 0 Å². The molecule has 0 aliphatic carbocycles. The standard InChI is InChI=1S/C16H14ClF3N2O2/c1-9-6-10(2-4-13(9)18)21-8-15(23)22-11-3-5-14(12(17)7-11)24-16(19)20/h2-7,16,21H,8H2,1H3,(H,22,23). The number of benzene rings is 2. The van der Waals surface area contributed by atoms with E-state index in [2.05, 4.69) is 15.4 Å². The number of hydrogen-bond acceptors (Lipinski definition) is 3. The van der Waals surface area contributed by atoms with Crippen molar-refractivity contribution in [2.75, 3.05) is 17.2 Å². The summed E-state index contributed by atoms with van der Waals surface area (Å²) in [7, 11) is 0. The molecule has 2 aromatic carbocycles. The maximum atomic E-state index is 13.2. The number of hydrogen-bond donors (Lipinski definition) is 2. The molecular formula is C16H14ClF3N2O2. The van der Waals surface area contributed by atoms with Gasteiger partial charge in [-0.05, 0) is 48.9 Å². The first-order chi connectivity index (χ1) is 11.3. The number of amides is 1. The summed E-state index contributed by atoms with van der Waals surface area (Å²) >= 11 is 5.80. The molecule has 0 aromatic heterocycles. The van der Waals surface area contributed by atoms with Crippen molar-refractivity contribution in [2.24, 2.45) is 0 Å². The summed E-state index contributed by atoms with van der Waals surface area (Å²) in [6.07, 6.45) is 0. The number of alkyl halides is 2. The molecule has 128 valence electrons. The molecular weight excluding hydrogens is 345 g/mol. The van der Waals surface area contributed by atoms with Gasteiger partial charge in [-0.3, -0.25) is 4.79 Å². The molecule has 2 aromatic rings. The Morgan fingerprint density at radius 2 is 1.92 bits per heavy atom. The van der Waals surface area contributed by atoms with Crippen LogP contribution in [-0.4, -0.2) is 19.1 Å². The molecule has 0 bridgehead atoms. The smallest absolute Gasteiger partial charge is 0.387 e. The van der Waals surface area contributed by atoms with E-state index in [-0.39, 0.29) is 29.0 Å². The molecule has 0 heterocycles. The van der Waals surface area contributed by atoms with Crippen molar-refractivity contribution < 1.29 is 22.7 Å². The van der Waals surface area contributed by atoms with Crippen molar-refractivity contribution in [3.63, 3.8) is 0 Å². The molecule has 24 heavy (non-hydrogen) atoms. The van der Waals surface area contributed by atoms with E-state index in [0.29, 0.717) is 16.9 Å². The van der Waals surface area contributed by atoms with E-state index in [1.165, 1.54) is 30.3 Å². The fourth-order valence-electron chi connectivity index (χ4n) is 1.91. The van der Waals surface area contributed by atoms with Crippen molar-refractivity contribution in [3.05, 3.63) is 52.8 Å². The summed E-state index contributed by atoms with van der Waals surface area (Å²) < 4.78 is 41.7. The summed E-state index contributed by atoms with van der Waals surface area (Å²) in [5.74, 6) is -0.883. The number of carbonyl (C=O) groups excluding carboxylic acids is 1. The van der Waals surface area contributed by atoms with Crippen molar-refractivity contribution in [1.29, 1.82) is 0 Å². The molecule has 1 amide bonds. The lowest BCUT2D eigenvalue weighted by Crippen LogP contribution is -2.21. The zero-order chi connectivity index (χ0) is 17.7. The highest BCUT2D eigenvalue weighted by atomic mass is 35.5. The molecule has 0 unspecified atom stereocenters. The third-order valence-electron chi connectivity index (χ3n) is 3.04. The van der Waals surface area contributed by atoms with Gasteiger partial charge in [0.2, 0.25) is 5.91 Å². The van der Waals surface area contributed by atoms with Crippen molar-refractivity contribution in [1.82, 2.24) is 0 Å². The van der Waals surface area contributed by atoms with Gasteiger partial charge in [0.25, 0.3) is 0 Å². The monoisotopic (exact) mass is 358 g/mol. The average Bonchev–Trinajstić information content (AvgIpc) is 2.51. The van der Waals surface area contributed by atoms with Crippen LogP contribution in [0.1, 0.15) is 5.56 Å². The molecule has 0 aliphatic heterocycles. The number of halogens is 4. The van der Waals surface area contributed by atoms with Gasteiger partial charge in [0.15, 0.2) is 0 Å². The molecule has 0 fully saturated rings. The van der Waals surface area contributed by atoms with Gasteiger partial charge in [0, 0.05) is 11.4 Å². The van der Waals surface area contributed by atoms with Crippen molar-refractivity contribution in [3.8, 4) is 5.75 Å². The Hall–Kier alpha value is -2.41. The van der Waals surface area contributed by atoms with Crippen LogP contribution in [0.15, 0.2) is 36.4 Å². The third-order valence-corrected chi connectivity index (χ3v) is 3.34. The van der Waals surface area contributed by atoms with E-state index in [1.807, 2.05) is 0 Å². The molecule has 0 saturated carbocycles. The van der Waals surface area contributed by atoms with Crippen LogP contribution in [0.5, 0.6) is 5.75 Å². The second-order valence-corrected chi connectivity index (χ2v) is 5.30. The molecule has 2 N–H and O–H groups in total. The minimum Gasteiger partial charge on any atom is -0.433 e. The first-order valence-corrected chi connectivity index (χ1v) is 7.27. The lowest BCUT2D eigenvalue weighted by atomic mass is 10.2. The van der Waals surface area contributed by atoms with E-state index in [1.54, 1.807) is 13.0 Å². The molecule has 0 spiro atoms. The largest absolute Gasteiger partial charge is 0.433 e. The Labute approximate surface area is 141 Å². The van der Waals surface area contributed by atoms with E-state index < -0.39 is 6.61 Å². The summed E-state index contributed by atoms with van der Waals surface area (Å²) in [5.41, 5.74) is 1.40. The lowest BCUT2D eigenvalue weighted by molar-refractivity contribution is -0.114. The Morgan fingerprint density at radius 3 is 2.54 bits per heavy atom. The Balaban J connectivity index is 1.92. The number of anilines is 2. The Bertz CT molecular complexity index is 741. The van der Waals surface area contributed by atoms with Crippen LogP contribution < -0.4 is 15.4 Å². The topological polar surface area (TPSA) is 50.4 Å². The van der Waals surface area contributed by atoms with Crippen LogP contribution in [0, 0.1) is 12.7 Å². The van der Waals surface area contributed by atoms with E-state index in [0.717, 1.165) is 0 Å². The first kappa shape index (κ1) is 17.9. The van der Waals surface area contributed by atoms with Crippen LogP contribution >= 0.6 is 11.6 Å². The van der Waals surface area contributed by atoms with E-state index >= 15 is 0 Å². The second kappa shape index (κ2) is 7.92. The Morgan fingerprint density at radius 1 is 1.21 bits per heavy atom. The van der Waals surface area contributed by atoms with E-state index in [4.69, 9.17) is 11.6 Å². The van der Waals surface area contributed by atoms with Gasteiger partial charge in [-0.2, -0.15) is 8.78 Å².